The lowest BCUT2D eigenvalue weighted by Crippen LogP contribution is -2.12. The molecule has 0 aromatic heterocycles. The van der Waals surface area contributed by atoms with Gasteiger partial charge in [0.05, 0.1) is 6.61 Å². The van der Waals surface area contributed by atoms with E-state index in [1.165, 1.54) is 57.8 Å². The Hall–Kier alpha value is -1.51. The summed E-state index contributed by atoms with van der Waals surface area (Å²) in [6, 6.07) is 7.81. The molecule has 0 amide bonds. The average Bonchev–Trinajstić information content (AvgIpc) is 2.65. The van der Waals surface area contributed by atoms with Crippen LogP contribution in [0.1, 0.15) is 96.5 Å². The highest BCUT2D eigenvalue weighted by Crippen LogP contribution is 2.21. The molecule has 0 spiro atoms. The Kier molecular flexibility index (Phi) is 13.6. The lowest BCUT2D eigenvalue weighted by atomic mass is 10.0. The van der Waals surface area contributed by atoms with Crippen LogP contribution in [0.2, 0.25) is 0 Å². The van der Waals surface area contributed by atoms with Crippen molar-refractivity contribution >= 4 is 6.16 Å². The average molecular weight is 363 g/mol. The Morgan fingerprint density at radius 2 is 1.35 bits per heavy atom. The van der Waals surface area contributed by atoms with Crippen LogP contribution in [-0.2, 0) is 11.2 Å². The number of hydrogen-bond acceptors (Lipinski definition) is 3. The summed E-state index contributed by atoms with van der Waals surface area (Å²) < 4.78 is 10.6. The summed E-state index contributed by atoms with van der Waals surface area (Å²) in [5.41, 5.74) is 1.10. The first-order chi connectivity index (χ1) is 12.8. The first kappa shape index (κ1) is 22.5. The fraction of sp³-hybridized carbons (Fsp3) is 0.696. The summed E-state index contributed by atoms with van der Waals surface area (Å²) in [7, 11) is 0. The van der Waals surface area contributed by atoms with Crippen molar-refractivity contribution in [3.8, 4) is 5.75 Å². The second kappa shape index (κ2) is 15.7. The van der Waals surface area contributed by atoms with Crippen molar-refractivity contribution in [1.82, 2.24) is 0 Å². The molecule has 3 heteroatoms. The number of carbonyl (C=O) groups excluding carboxylic acids is 1. The molecular weight excluding hydrogens is 324 g/mol. The van der Waals surface area contributed by atoms with Crippen molar-refractivity contribution in [3.63, 3.8) is 0 Å². The molecule has 1 aromatic carbocycles. The van der Waals surface area contributed by atoms with Gasteiger partial charge in [-0.2, -0.15) is 0 Å². The van der Waals surface area contributed by atoms with Crippen LogP contribution in [0.25, 0.3) is 0 Å². The highest BCUT2D eigenvalue weighted by atomic mass is 16.7. The second-order valence-electron chi connectivity index (χ2n) is 7.09. The largest absolute Gasteiger partial charge is 0.513 e. The van der Waals surface area contributed by atoms with Crippen LogP contribution in [0.3, 0.4) is 0 Å². The molecule has 0 saturated carbocycles. The minimum atomic E-state index is -0.575. The van der Waals surface area contributed by atoms with Gasteiger partial charge in [-0.1, -0.05) is 96.3 Å². The maximum Gasteiger partial charge on any atom is 0.513 e. The van der Waals surface area contributed by atoms with E-state index in [-0.39, 0.29) is 0 Å². The van der Waals surface area contributed by atoms with Gasteiger partial charge in [-0.05, 0) is 30.9 Å². The van der Waals surface area contributed by atoms with Gasteiger partial charge in [-0.15, -0.1) is 0 Å². The highest BCUT2D eigenvalue weighted by molar-refractivity contribution is 5.64. The molecular formula is C23H38O3. The van der Waals surface area contributed by atoms with Gasteiger partial charge in [0, 0.05) is 0 Å². The van der Waals surface area contributed by atoms with Crippen LogP contribution in [0.4, 0.5) is 4.79 Å². The zero-order valence-electron chi connectivity index (χ0n) is 16.9. The van der Waals surface area contributed by atoms with Crippen LogP contribution >= 0.6 is 0 Å². The number of aryl methyl sites for hydroxylation is 1. The molecule has 0 bridgehead atoms. The normalized spacial score (nSPS) is 10.7. The van der Waals surface area contributed by atoms with Crippen molar-refractivity contribution < 1.29 is 14.3 Å². The van der Waals surface area contributed by atoms with Crippen LogP contribution in [-0.4, -0.2) is 12.8 Å². The van der Waals surface area contributed by atoms with Crippen LogP contribution in [0.5, 0.6) is 5.75 Å². The minimum absolute atomic E-state index is 0.449. The Bertz CT molecular complexity index is 470. The Morgan fingerprint density at radius 3 is 2.04 bits per heavy atom. The topological polar surface area (TPSA) is 35.5 Å². The Labute approximate surface area is 160 Å². The summed E-state index contributed by atoms with van der Waals surface area (Å²) in [5, 5.41) is 0. The van der Waals surface area contributed by atoms with E-state index in [1.807, 2.05) is 24.3 Å². The van der Waals surface area contributed by atoms with Crippen molar-refractivity contribution in [2.45, 2.75) is 97.3 Å². The Morgan fingerprint density at radius 1 is 0.769 bits per heavy atom. The summed E-state index contributed by atoms with van der Waals surface area (Å²) in [4.78, 5) is 11.9. The number of para-hydroxylation sites is 1. The minimum Gasteiger partial charge on any atom is -0.434 e. The summed E-state index contributed by atoms with van der Waals surface area (Å²) in [6.07, 6.45) is 15.0. The van der Waals surface area contributed by atoms with Gasteiger partial charge in [0.15, 0.2) is 0 Å². The number of hydrogen-bond donors (Lipinski definition) is 0. The molecule has 0 aliphatic carbocycles. The molecule has 0 fully saturated rings. The predicted octanol–water partition coefficient (Wildman–Crippen LogP) is 7.47. The molecule has 0 atom stereocenters. The molecule has 26 heavy (non-hydrogen) atoms. The number of ether oxygens (including phenoxy) is 2. The lowest BCUT2D eigenvalue weighted by Gasteiger charge is -2.10. The van der Waals surface area contributed by atoms with E-state index in [2.05, 4.69) is 13.8 Å². The van der Waals surface area contributed by atoms with Crippen LogP contribution < -0.4 is 4.74 Å². The molecule has 0 heterocycles. The zero-order valence-corrected chi connectivity index (χ0v) is 16.9. The van der Waals surface area contributed by atoms with Gasteiger partial charge in [0.2, 0.25) is 0 Å². The van der Waals surface area contributed by atoms with Crippen molar-refractivity contribution in [3.05, 3.63) is 29.8 Å². The molecule has 1 aromatic rings. The molecule has 0 aliphatic rings. The van der Waals surface area contributed by atoms with Gasteiger partial charge in [0.25, 0.3) is 0 Å². The number of rotatable bonds is 15. The van der Waals surface area contributed by atoms with E-state index in [9.17, 15) is 4.79 Å². The van der Waals surface area contributed by atoms with E-state index < -0.39 is 6.16 Å². The summed E-state index contributed by atoms with van der Waals surface area (Å²) in [6.45, 7) is 4.90. The molecule has 0 saturated heterocycles. The van der Waals surface area contributed by atoms with Crippen LogP contribution in [0.15, 0.2) is 24.3 Å². The first-order valence-corrected chi connectivity index (χ1v) is 10.7. The van der Waals surface area contributed by atoms with Crippen LogP contribution in [0, 0.1) is 0 Å². The summed E-state index contributed by atoms with van der Waals surface area (Å²) >= 11 is 0. The number of benzene rings is 1. The van der Waals surface area contributed by atoms with E-state index in [1.54, 1.807) is 0 Å². The summed E-state index contributed by atoms with van der Waals surface area (Å²) in [5.74, 6) is 0.647. The first-order valence-electron chi connectivity index (χ1n) is 10.7. The van der Waals surface area contributed by atoms with Crippen molar-refractivity contribution in [2.75, 3.05) is 6.61 Å². The molecule has 0 aliphatic heterocycles. The maximum absolute atomic E-state index is 11.9. The van der Waals surface area contributed by atoms with Gasteiger partial charge >= 0.3 is 6.16 Å². The molecule has 0 radical (unpaired) electrons. The van der Waals surface area contributed by atoms with E-state index in [0.29, 0.717) is 12.4 Å². The quantitative estimate of drug-likeness (QED) is 0.184. The Balaban J connectivity index is 2.23. The number of unbranched alkanes of at least 4 members (excludes halogenated alkanes) is 10. The monoisotopic (exact) mass is 362 g/mol. The van der Waals surface area contributed by atoms with Crippen molar-refractivity contribution in [2.24, 2.45) is 0 Å². The highest BCUT2D eigenvalue weighted by Gasteiger charge is 2.10. The maximum atomic E-state index is 11.9. The van der Waals surface area contributed by atoms with E-state index >= 15 is 0 Å². The smallest absolute Gasteiger partial charge is 0.434 e. The third-order valence-corrected chi connectivity index (χ3v) is 4.68. The lowest BCUT2D eigenvalue weighted by molar-refractivity contribution is 0.0969. The fourth-order valence-corrected chi connectivity index (χ4v) is 3.06. The molecule has 0 N–H and O–H groups in total. The second-order valence-corrected chi connectivity index (χ2v) is 7.09. The van der Waals surface area contributed by atoms with Gasteiger partial charge in [0.1, 0.15) is 5.75 Å². The van der Waals surface area contributed by atoms with E-state index in [4.69, 9.17) is 9.47 Å². The fourth-order valence-electron chi connectivity index (χ4n) is 3.06. The predicted molar refractivity (Wildman–Crippen MR) is 109 cm³/mol. The van der Waals surface area contributed by atoms with E-state index in [0.717, 1.165) is 31.2 Å². The molecule has 148 valence electrons. The van der Waals surface area contributed by atoms with Gasteiger partial charge < -0.3 is 9.47 Å². The number of carbonyl (C=O) groups is 1. The van der Waals surface area contributed by atoms with Crippen molar-refractivity contribution in [1.29, 1.82) is 0 Å². The van der Waals surface area contributed by atoms with Gasteiger partial charge in [-0.25, -0.2) is 4.79 Å². The molecule has 3 nitrogen and oxygen atoms in total. The van der Waals surface area contributed by atoms with Gasteiger partial charge in [-0.3, -0.25) is 0 Å². The SMILES string of the molecule is CCCCCCCCOC(=O)Oc1ccccc1CCCCCCCC. The molecule has 0 unspecified atom stereocenters. The standard InChI is InChI=1S/C23H38O3/c1-3-5-7-9-11-13-17-21-18-14-15-19-22(21)26-23(24)25-20-16-12-10-8-6-4-2/h14-15,18-19H,3-13,16-17,20H2,1-2H3. The molecule has 1 rings (SSSR count). The third kappa shape index (κ3) is 11.2. The zero-order chi connectivity index (χ0) is 18.9. The third-order valence-electron chi connectivity index (χ3n) is 4.68.